The summed E-state index contributed by atoms with van der Waals surface area (Å²) in [6.45, 7) is 4.45. The first-order chi connectivity index (χ1) is 10.3. The van der Waals surface area contributed by atoms with E-state index in [0.717, 1.165) is 6.42 Å². The molecular weight excluding hydrogens is 414 g/mol. The van der Waals surface area contributed by atoms with Crippen molar-refractivity contribution in [2.24, 2.45) is 0 Å². The van der Waals surface area contributed by atoms with Gasteiger partial charge in [0.15, 0.2) is 0 Å². The molecule has 0 saturated carbocycles. The zero-order valence-electron chi connectivity index (χ0n) is 14.3. The standard InChI is InChI=1S/C21H23.2ClH.Zr/c1-3-5-7-17-14-19-8-6-9-20(21(19)15-17)18-12-10-16(4-2)11-13-18;;;/h6,8-15H,3-5,7H2,1-2H3;2*1H;/q-1;;;+3/p-2. The summed E-state index contributed by atoms with van der Waals surface area (Å²) in [6.07, 6.45) is 4.82. The molecule has 0 unspecified atom stereocenters. The zero-order chi connectivity index (χ0) is 14.7. The molecule has 3 heteroatoms. The first-order valence-electron chi connectivity index (χ1n) is 8.09. The summed E-state index contributed by atoms with van der Waals surface area (Å²) >= 11 is 0. The minimum absolute atomic E-state index is 0. The van der Waals surface area contributed by atoms with Crippen LogP contribution in [0.5, 0.6) is 0 Å². The fraction of sp³-hybridized carbons (Fsp3) is 0.286. The molecule has 0 aliphatic heterocycles. The van der Waals surface area contributed by atoms with Gasteiger partial charge in [0.1, 0.15) is 0 Å². The third kappa shape index (κ3) is 5.25. The van der Waals surface area contributed by atoms with E-state index in [1.807, 2.05) is 0 Å². The number of benzene rings is 2. The van der Waals surface area contributed by atoms with Gasteiger partial charge in [0, 0.05) is 0 Å². The van der Waals surface area contributed by atoms with Gasteiger partial charge in [0.25, 0.3) is 0 Å². The Morgan fingerprint density at radius 3 is 2.25 bits per heavy atom. The predicted molar refractivity (Wildman–Crippen MR) is 93.0 cm³/mol. The van der Waals surface area contributed by atoms with Crippen LogP contribution in [0.1, 0.15) is 37.8 Å². The van der Waals surface area contributed by atoms with Gasteiger partial charge in [0.2, 0.25) is 0 Å². The van der Waals surface area contributed by atoms with E-state index in [4.69, 9.17) is 0 Å². The maximum absolute atomic E-state index is 2.38. The molecule has 0 spiro atoms. The molecule has 0 nitrogen and oxygen atoms in total. The van der Waals surface area contributed by atoms with Crippen molar-refractivity contribution < 1.29 is 51.0 Å². The summed E-state index contributed by atoms with van der Waals surface area (Å²) in [6, 6.07) is 20.4. The first kappa shape index (κ1) is 23.5. The number of hydrogen-bond acceptors (Lipinski definition) is 0. The molecule has 0 bridgehead atoms. The normalized spacial score (nSPS) is 9.75. The largest absolute Gasteiger partial charge is 3.00 e. The Morgan fingerprint density at radius 1 is 0.917 bits per heavy atom. The van der Waals surface area contributed by atoms with Gasteiger partial charge in [-0.3, -0.25) is 0 Å². The SMILES string of the molecule is CCCCc1cc2c(-c3ccc(CC)cc3)cccc2[cH-]1.[Cl-].[Cl-].[Zr+3]. The number of hydrogen-bond donors (Lipinski definition) is 0. The van der Waals surface area contributed by atoms with Crippen molar-refractivity contribution in [3.8, 4) is 11.1 Å². The summed E-state index contributed by atoms with van der Waals surface area (Å²) in [5.41, 5.74) is 5.56. The quantitative estimate of drug-likeness (QED) is 0.498. The van der Waals surface area contributed by atoms with Gasteiger partial charge in [-0.05, 0) is 24.0 Å². The van der Waals surface area contributed by atoms with Crippen molar-refractivity contribution in [2.75, 3.05) is 0 Å². The van der Waals surface area contributed by atoms with Gasteiger partial charge in [-0.25, -0.2) is 0 Å². The third-order valence-corrected chi connectivity index (χ3v) is 4.30. The number of halogens is 2. The second-order valence-corrected chi connectivity index (χ2v) is 5.83. The number of unbranched alkanes of at least 4 members (excludes halogenated alkanes) is 1. The van der Waals surface area contributed by atoms with E-state index in [0.29, 0.717) is 0 Å². The summed E-state index contributed by atoms with van der Waals surface area (Å²) in [5, 5.41) is 2.77. The van der Waals surface area contributed by atoms with Crippen LogP contribution in [0.2, 0.25) is 0 Å². The van der Waals surface area contributed by atoms with Crippen molar-refractivity contribution in [3.63, 3.8) is 0 Å². The van der Waals surface area contributed by atoms with Gasteiger partial charge < -0.3 is 24.8 Å². The number of fused-ring (bicyclic) bond motifs is 1. The number of aryl methyl sites for hydroxylation is 2. The van der Waals surface area contributed by atoms with Gasteiger partial charge in [-0.2, -0.15) is 6.07 Å². The average Bonchev–Trinajstić information content (AvgIpc) is 2.96. The Morgan fingerprint density at radius 2 is 1.62 bits per heavy atom. The molecule has 3 aromatic carbocycles. The van der Waals surface area contributed by atoms with Crippen molar-refractivity contribution in [2.45, 2.75) is 39.5 Å². The van der Waals surface area contributed by atoms with E-state index in [2.05, 4.69) is 68.4 Å². The summed E-state index contributed by atoms with van der Waals surface area (Å²) in [4.78, 5) is 0. The molecule has 125 valence electrons. The minimum Gasteiger partial charge on any atom is -1.00 e. The summed E-state index contributed by atoms with van der Waals surface area (Å²) in [7, 11) is 0. The van der Waals surface area contributed by atoms with Crippen molar-refractivity contribution in [1.82, 2.24) is 0 Å². The molecule has 0 N–H and O–H groups in total. The Balaban J connectivity index is 0.00000176. The van der Waals surface area contributed by atoms with Crippen molar-refractivity contribution in [1.29, 1.82) is 0 Å². The van der Waals surface area contributed by atoms with Gasteiger partial charge in [-0.1, -0.05) is 62.6 Å². The smallest absolute Gasteiger partial charge is 1.00 e. The Kier molecular flexibility index (Phi) is 11.0. The second-order valence-electron chi connectivity index (χ2n) is 5.83. The Hall–Kier alpha value is -0.487. The molecule has 0 heterocycles. The topological polar surface area (TPSA) is 0 Å². The molecule has 0 amide bonds. The van der Waals surface area contributed by atoms with Crippen molar-refractivity contribution >= 4 is 10.8 Å². The molecule has 0 atom stereocenters. The molecule has 0 aliphatic rings. The molecule has 0 fully saturated rings. The summed E-state index contributed by atoms with van der Waals surface area (Å²) in [5.74, 6) is 0. The molecule has 3 aromatic rings. The van der Waals surface area contributed by atoms with Gasteiger partial charge in [-0.15, -0.1) is 34.5 Å². The molecule has 0 aliphatic carbocycles. The van der Waals surface area contributed by atoms with E-state index in [1.165, 1.54) is 52.3 Å². The average molecular weight is 438 g/mol. The minimum atomic E-state index is 0. The molecule has 1 radical (unpaired) electrons. The van der Waals surface area contributed by atoms with E-state index >= 15 is 0 Å². The molecule has 24 heavy (non-hydrogen) atoms. The van der Waals surface area contributed by atoms with Crippen LogP contribution in [-0.4, -0.2) is 0 Å². The monoisotopic (exact) mass is 435 g/mol. The predicted octanol–water partition coefficient (Wildman–Crippen LogP) is 0.136. The molecule has 3 rings (SSSR count). The first-order valence-corrected chi connectivity index (χ1v) is 8.09. The second kappa shape index (κ2) is 11.2. The van der Waals surface area contributed by atoms with Crippen LogP contribution in [-0.2, 0) is 39.0 Å². The van der Waals surface area contributed by atoms with Crippen LogP contribution in [0.3, 0.4) is 0 Å². The van der Waals surface area contributed by atoms with E-state index in [1.54, 1.807) is 0 Å². The molecule has 0 saturated heterocycles. The van der Waals surface area contributed by atoms with Crippen LogP contribution in [0, 0.1) is 0 Å². The zero-order valence-corrected chi connectivity index (χ0v) is 18.3. The van der Waals surface area contributed by atoms with E-state index < -0.39 is 0 Å². The maximum Gasteiger partial charge on any atom is 3.00 e. The Labute approximate surface area is 177 Å². The van der Waals surface area contributed by atoms with E-state index in [-0.39, 0.29) is 51.0 Å². The van der Waals surface area contributed by atoms with Crippen LogP contribution < -0.4 is 24.8 Å². The van der Waals surface area contributed by atoms with Crippen LogP contribution >= 0.6 is 0 Å². The van der Waals surface area contributed by atoms with Crippen LogP contribution in [0.15, 0.2) is 54.6 Å². The molecular formula is C21H23Cl2Zr. The van der Waals surface area contributed by atoms with Crippen molar-refractivity contribution in [3.05, 3.63) is 65.7 Å². The maximum atomic E-state index is 2.38. The summed E-state index contributed by atoms with van der Waals surface area (Å²) < 4.78 is 0. The van der Waals surface area contributed by atoms with Gasteiger partial charge in [0.05, 0.1) is 0 Å². The van der Waals surface area contributed by atoms with Gasteiger partial charge >= 0.3 is 26.2 Å². The number of rotatable bonds is 5. The third-order valence-electron chi connectivity index (χ3n) is 4.30. The van der Waals surface area contributed by atoms with Crippen LogP contribution in [0.25, 0.3) is 21.9 Å². The molecule has 0 aromatic heterocycles. The Bertz CT molecular complexity index is 729. The van der Waals surface area contributed by atoms with Crippen LogP contribution in [0.4, 0.5) is 0 Å². The fourth-order valence-electron chi connectivity index (χ4n) is 2.99. The fourth-order valence-corrected chi connectivity index (χ4v) is 2.99. The van der Waals surface area contributed by atoms with E-state index in [9.17, 15) is 0 Å².